The van der Waals surface area contributed by atoms with E-state index in [0.29, 0.717) is 12.6 Å². The van der Waals surface area contributed by atoms with Crippen molar-refractivity contribution in [2.45, 2.75) is 43.3 Å². The van der Waals surface area contributed by atoms with Crippen molar-refractivity contribution in [3.8, 4) is 0 Å². The number of benzene rings is 1. The molecule has 1 aromatic carbocycles. The highest BCUT2D eigenvalue weighted by molar-refractivity contribution is 14.0. The van der Waals surface area contributed by atoms with Gasteiger partial charge < -0.3 is 10.6 Å². The molecule has 3 rings (SSSR count). The van der Waals surface area contributed by atoms with Gasteiger partial charge in [0.1, 0.15) is 0 Å². The van der Waals surface area contributed by atoms with Gasteiger partial charge in [0.05, 0.1) is 5.56 Å². The normalized spacial score (nSPS) is 19.7. The standard InChI is InChI=1S/C16H20F3N3.HI/c1-20-14(22-13-5-6-13)21-10-15(7-8-15)11-3-2-4-12(9-11)16(17,18)19;/h2-4,9,13H,5-8,10H2,1H3,(H2,20,21,22);1H. The van der Waals surface area contributed by atoms with E-state index in [2.05, 4.69) is 15.6 Å². The molecule has 2 aliphatic carbocycles. The number of nitrogens with one attached hydrogen (secondary N) is 2. The van der Waals surface area contributed by atoms with Gasteiger partial charge in [0.25, 0.3) is 0 Å². The van der Waals surface area contributed by atoms with Crippen molar-refractivity contribution in [2.24, 2.45) is 4.99 Å². The lowest BCUT2D eigenvalue weighted by Gasteiger charge is -2.20. The number of rotatable bonds is 4. The first-order valence-electron chi connectivity index (χ1n) is 7.58. The van der Waals surface area contributed by atoms with Crippen molar-refractivity contribution in [3.05, 3.63) is 35.4 Å². The fourth-order valence-electron chi connectivity index (χ4n) is 2.61. The van der Waals surface area contributed by atoms with Crippen molar-refractivity contribution in [1.29, 1.82) is 0 Å². The number of halogens is 4. The molecule has 0 atom stereocenters. The highest BCUT2D eigenvalue weighted by Gasteiger charge is 2.45. The Labute approximate surface area is 151 Å². The van der Waals surface area contributed by atoms with Gasteiger partial charge >= 0.3 is 6.18 Å². The smallest absolute Gasteiger partial charge is 0.356 e. The number of hydrogen-bond acceptors (Lipinski definition) is 1. The zero-order chi connectivity index (χ0) is 15.8. The van der Waals surface area contributed by atoms with Gasteiger partial charge in [-0.25, -0.2) is 0 Å². The van der Waals surface area contributed by atoms with E-state index >= 15 is 0 Å². The molecule has 1 aromatic rings. The van der Waals surface area contributed by atoms with Crippen LogP contribution in [0.4, 0.5) is 13.2 Å². The minimum Gasteiger partial charge on any atom is -0.356 e. The fourth-order valence-corrected chi connectivity index (χ4v) is 2.61. The summed E-state index contributed by atoms with van der Waals surface area (Å²) in [6, 6.07) is 6.19. The molecule has 0 saturated heterocycles. The quantitative estimate of drug-likeness (QED) is 0.427. The Morgan fingerprint density at radius 1 is 1.30 bits per heavy atom. The van der Waals surface area contributed by atoms with Crippen LogP contribution in [-0.4, -0.2) is 25.6 Å². The first-order chi connectivity index (χ1) is 10.4. The Bertz CT molecular complexity index is 578. The number of guanidine groups is 1. The van der Waals surface area contributed by atoms with Gasteiger partial charge in [0.2, 0.25) is 0 Å². The topological polar surface area (TPSA) is 36.4 Å². The molecule has 128 valence electrons. The van der Waals surface area contributed by atoms with Crippen molar-refractivity contribution >= 4 is 29.9 Å². The Kier molecular flexibility index (Phi) is 5.48. The van der Waals surface area contributed by atoms with Gasteiger partial charge in [-0.3, -0.25) is 4.99 Å². The monoisotopic (exact) mass is 439 g/mol. The SMILES string of the molecule is CN=C(NCC1(c2cccc(C(F)(F)F)c2)CC1)NC1CC1.I. The predicted molar refractivity (Wildman–Crippen MR) is 95.3 cm³/mol. The second-order valence-corrected chi connectivity index (χ2v) is 6.20. The molecule has 7 heteroatoms. The summed E-state index contributed by atoms with van der Waals surface area (Å²) in [6.07, 6.45) is -0.175. The molecule has 23 heavy (non-hydrogen) atoms. The highest BCUT2D eigenvalue weighted by Crippen LogP contribution is 2.48. The molecule has 0 amide bonds. The third kappa shape index (κ3) is 4.51. The fraction of sp³-hybridized carbons (Fsp3) is 0.562. The molecule has 0 heterocycles. The minimum atomic E-state index is -4.29. The zero-order valence-corrected chi connectivity index (χ0v) is 15.2. The molecule has 0 radical (unpaired) electrons. The Morgan fingerprint density at radius 3 is 2.52 bits per heavy atom. The Hall–Kier alpha value is -0.990. The van der Waals surface area contributed by atoms with Gasteiger partial charge in [-0.2, -0.15) is 13.2 Å². The van der Waals surface area contributed by atoms with Gasteiger partial charge in [0.15, 0.2) is 5.96 Å². The average molecular weight is 439 g/mol. The van der Waals surface area contributed by atoms with Gasteiger partial charge in [0, 0.05) is 25.0 Å². The van der Waals surface area contributed by atoms with Crippen LogP contribution in [-0.2, 0) is 11.6 Å². The third-order valence-corrected chi connectivity index (χ3v) is 4.39. The van der Waals surface area contributed by atoms with Crippen molar-refractivity contribution in [3.63, 3.8) is 0 Å². The summed E-state index contributed by atoms with van der Waals surface area (Å²) in [5.41, 5.74) is -0.00364. The first-order valence-corrected chi connectivity index (χ1v) is 7.58. The molecule has 0 aliphatic heterocycles. The number of alkyl halides is 3. The largest absolute Gasteiger partial charge is 0.416 e. The van der Waals surface area contributed by atoms with Crippen molar-refractivity contribution < 1.29 is 13.2 Å². The molecular formula is C16H21F3IN3. The van der Waals surface area contributed by atoms with E-state index in [1.807, 2.05) is 0 Å². The molecule has 0 aromatic heterocycles. The molecule has 0 unspecified atom stereocenters. The van der Waals surface area contributed by atoms with Crippen LogP contribution in [0, 0.1) is 0 Å². The third-order valence-electron chi connectivity index (χ3n) is 4.39. The predicted octanol–water partition coefficient (Wildman–Crippen LogP) is 3.68. The van der Waals surface area contributed by atoms with Crippen LogP contribution in [0.15, 0.2) is 29.3 Å². The molecule has 0 spiro atoms. The van der Waals surface area contributed by atoms with Crippen LogP contribution in [0.1, 0.15) is 36.8 Å². The second-order valence-electron chi connectivity index (χ2n) is 6.20. The molecule has 2 aliphatic rings. The molecule has 2 N–H and O–H groups in total. The maximum Gasteiger partial charge on any atom is 0.416 e. The van der Waals surface area contributed by atoms with Crippen LogP contribution >= 0.6 is 24.0 Å². The van der Waals surface area contributed by atoms with E-state index in [9.17, 15) is 13.2 Å². The van der Waals surface area contributed by atoms with E-state index in [1.165, 1.54) is 12.1 Å². The molecule has 0 bridgehead atoms. The summed E-state index contributed by atoms with van der Waals surface area (Å²) in [4.78, 5) is 4.16. The van der Waals surface area contributed by atoms with E-state index < -0.39 is 11.7 Å². The minimum absolute atomic E-state index is 0. The van der Waals surface area contributed by atoms with Crippen molar-refractivity contribution in [1.82, 2.24) is 10.6 Å². The van der Waals surface area contributed by atoms with Gasteiger partial charge in [-0.05, 0) is 37.3 Å². The summed E-state index contributed by atoms with van der Waals surface area (Å²) in [5.74, 6) is 0.737. The summed E-state index contributed by atoms with van der Waals surface area (Å²) in [6.45, 7) is 0.612. The lowest BCUT2D eigenvalue weighted by Crippen LogP contribution is -2.42. The lowest BCUT2D eigenvalue weighted by atomic mass is 9.94. The van der Waals surface area contributed by atoms with E-state index in [-0.39, 0.29) is 29.4 Å². The number of aliphatic imine (C=N–C) groups is 1. The van der Waals surface area contributed by atoms with E-state index in [4.69, 9.17) is 0 Å². The van der Waals surface area contributed by atoms with Crippen LogP contribution < -0.4 is 10.6 Å². The Balaban J connectivity index is 0.00000192. The summed E-state index contributed by atoms with van der Waals surface area (Å²) in [7, 11) is 1.71. The van der Waals surface area contributed by atoms with E-state index in [0.717, 1.165) is 43.3 Å². The van der Waals surface area contributed by atoms with Gasteiger partial charge in [-0.1, -0.05) is 18.2 Å². The van der Waals surface area contributed by atoms with Crippen LogP contribution in [0.25, 0.3) is 0 Å². The molecule has 2 saturated carbocycles. The number of hydrogen-bond donors (Lipinski definition) is 2. The average Bonchev–Trinajstić information content (AvgIpc) is 3.38. The zero-order valence-electron chi connectivity index (χ0n) is 12.9. The van der Waals surface area contributed by atoms with Gasteiger partial charge in [-0.15, -0.1) is 24.0 Å². The summed E-state index contributed by atoms with van der Waals surface area (Å²) < 4.78 is 38.6. The van der Waals surface area contributed by atoms with Crippen molar-refractivity contribution in [2.75, 3.05) is 13.6 Å². The second kappa shape index (κ2) is 6.86. The Morgan fingerprint density at radius 2 is 2.00 bits per heavy atom. The number of nitrogens with zero attached hydrogens (tertiary/aromatic N) is 1. The first kappa shape index (κ1) is 18.4. The molecule has 3 nitrogen and oxygen atoms in total. The van der Waals surface area contributed by atoms with Crippen LogP contribution in [0.2, 0.25) is 0 Å². The van der Waals surface area contributed by atoms with E-state index in [1.54, 1.807) is 13.1 Å². The summed E-state index contributed by atoms with van der Waals surface area (Å²) >= 11 is 0. The molecular weight excluding hydrogens is 418 g/mol. The maximum atomic E-state index is 12.9. The highest BCUT2D eigenvalue weighted by atomic mass is 127. The molecule has 2 fully saturated rings. The van der Waals surface area contributed by atoms with Crippen LogP contribution in [0.3, 0.4) is 0 Å². The lowest BCUT2D eigenvalue weighted by molar-refractivity contribution is -0.137. The summed E-state index contributed by atoms with van der Waals surface area (Å²) in [5, 5.41) is 6.54. The maximum absolute atomic E-state index is 12.9. The van der Waals surface area contributed by atoms with Crippen LogP contribution in [0.5, 0.6) is 0 Å².